The van der Waals surface area contributed by atoms with E-state index in [1.54, 1.807) is 29.5 Å². The topological polar surface area (TPSA) is 90.5 Å². The van der Waals surface area contributed by atoms with Crippen molar-refractivity contribution >= 4 is 17.7 Å². The molecule has 2 aromatic carbocycles. The zero-order chi connectivity index (χ0) is 23.9. The third-order valence-electron chi connectivity index (χ3n) is 5.40. The molecule has 8 heteroatoms. The van der Waals surface area contributed by atoms with Crippen LogP contribution in [0, 0.1) is 0 Å². The Kier molecular flexibility index (Phi) is 6.52. The molecule has 5 aromatic rings. The molecule has 0 saturated carbocycles. The van der Waals surface area contributed by atoms with E-state index < -0.39 is 0 Å². The average Bonchev–Trinajstić information content (AvgIpc) is 3.55. The van der Waals surface area contributed by atoms with Crippen LogP contribution in [-0.2, 0) is 17.9 Å². The molecule has 0 unspecified atom stereocenters. The lowest BCUT2D eigenvalue weighted by Gasteiger charge is -2.09. The molecular weight excluding hydrogens is 438 g/mol. The summed E-state index contributed by atoms with van der Waals surface area (Å²) in [5.41, 5.74) is 5.29. The molecule has 0 radical (unpaired) electrons. The Labute approximate surface area is 202 Å². The average molecular weight is 462 g/mol. The number of aromatic nitrogens is 6. The Morgan fingerprint density at radius 2 is 1.77 bits per heavy atom. The number of anilines is 1. The molecule has 0 aliphatic heterocycles. The van der Waals surface area contributed by atoms with Gasteiger partial charge < -0.3 is 5.32 Å². The van der Waals surface area contributed by atoms with E-state index in [4.69, 9.17) is 5.10 Å². The van der Waals surface area contributed by atoms with Crippen molar-refractivity contribution < 1.29 is 4.79 Å². The van der Waals surface area contributed by atoms with Crippen LogP contribution in [-0.4, -0.2) is 35.4 Å². The number of pyridine rings is 1. The molecule has 0 bridgehead atoms. The summed E-state index contributed by atoms with van der Waals surface area (Å²) >= 11 is 0. The monoisotopic (exact) mass is 461 g/mol. The first-order chi connectivity index (χ1) is 17.2. The minimum Gasteiger partial charge on any atom is -0.322 e. The van der Waals surface area contributed by atoms with Gasteiger partial charge in [0.2, 0.25) is 5.91 Å². The van der Waals surface area contributed by atoms with Crippen molar-refractivity contribution in [2.45, 2.75) is 13.1 Å². The maximum atomic E-state index is 12.8. The summed E-state index contributed by atoms with van der Waals surface area (Å²) in [6.45, 7) is 1.14. The van der Waals surface area contributed by atoms with E-state index in [-0.39, 0.29) is 5.91 Å². The van der Waals surface area contributed by atoms with Gasteiger partial charge in [-0.05, 0) is 35.4 Å². The largest absolute Gasteiger partial charge is 0.322 e. The SMILES string of the molecule is O=C(/C=C/c1cn(Cc2ccccc2)nc1-c1cccnc1)Nc1ccccc1Cn1cncn1. The number of nitrogens with zero attached hydrogens (tertiary/aromatic N) is 6. The summed E-state index contributed by atoms with van der Waals surface area (Å²) in [4.78, 5) is 21.0. The molecule has 1 amide bonds. The second-order valence-electron chi connectivity index (χ2n) is 7.93. The minimum atomic E-state index is -0.232. The zero-order valence-electron chi connectivity index (χ0n) is 18.9. The lowest BCUT2D eigenvalue weighted by molar-refractivity contribution is -0.111. The van der Waals surface area contributed by atoms with E-state index in [1.165, 1.54) is 12.4 Å². The summed E-state index contributed by atoms with van der Waals surface area (Å²) in [6.07, 6.45) is 11.9. The minimum absolute atomic E-state index is 0.232. The first kappa shape index (κ1) is 22.0. The first-order valence-electron chi connectivity index (χ1n) is 11.2. The van der Waals surface area contributed by atoms with Crippen LogP contribution in [0.2, 0.25) is 0 Å². The Balaban J connectivity index is 1.37. The smallest absolute Gasteiger partial charge is 0.248 e. The molecule has 5 rings (SSSR count). The number of nitrogens with one attached hydrogen (secondary N) is 1. The third kappa shape index (κ3) is 5.56. The molecule has 3 heterocycles. The van der Waals surface area contributed by atoms with Crippen LogP contribution in [0.25, 0.3) is 17.3 Å². The highest BCUT2D eigenvalue weighted by atomic mass is 16.1. The van der Waals surface area contributed by atoms with Gasteiger partial charge in [0.05, 0.1) is 13.1 Å². The van der Waals surface area contributed by atoms with Gasteiger partial charge in [-0.15, -0.1) is 0 Å². The summed E-state index contributed by atoms with van der Waals surface area (Å²) in [7, 11) is 0. The summed E-state index contributed by atoms with van der Waals surface area (Å²) in [6, 6.07) is 21.6. The van der Waals surface area contributed by atoms with E-state index in [0.717, 1.165) is 33.6 Å². The lowest BCUT2D eigenvalue weighted by atomic mass is 10.1. The maximum Gasteiger partial charge on any atom is 0.248 e. The Bertz CT molecular complexity index is 1430. The maximum absolute atomic E-state index is 12.8. The lowest BCUT2D eigenvalue weighted by Crippen LogP contribution is -2.11. The van der Waals surface area contributed by atoms with E-state index in [0.29, 0.717) is 13.1 Å². The molecule has 0 fully saturated rings. The Hall–Kier alpha value is -4.85. The fourth-order valence-electron chi connectivity index (χ4n) is 3.75. The number of rotatable bonds is 8. The van der Waals surface area contributed by atoms with Crippen LogP contribution in [0.1, 0.15) is 16.7 Å². The molecule has 0 aliphatic carbocycles. The van der Waals surface area contributed by atoms with Gasteiger partial charge in [-0.25, -0.2) is 9.67 Å². The molecule has 0 saturated heterocycles. The van der Waals surface area contributed by atoms with Crippen LogP contribution in [0.5, 0.6) is 0 Å². The van der Waals surface area contributed by atoms with E-state index in [1.807, 2.05) is 65.5 Å². The molecule has 0 spiro atoms. The highest BCUT2D eigenvalue weighted by molar-refractivity contribution is 6.02. The standard InChI is InChI=1S/C27H23N7O/c35-26(31-25-11-5-4-9-23(25)17-34-20-29-19-30-34)13-12-24-18-33(16-21-7-2-1-3-8-21)32-27(24)22-10-6-14-28-15-22/h1-15,18-20H,16-17H2,(H,31,35)/b13-12+. The molecule has 3 aromatic heterocycles. The first-order valence-corrected chi connectivity index (χ1v) is 11.2. The van der Waals surface area contributed by atoms with Gasteiger partial charge >= 0.3 is 0 Å². The molecule has 35 heavy (non-hydrogen) atoms. The van der Waals surface area contributed by atoms with Crippen molar-refractivity contribution in [3.05, 3.63) is 121 Å². The molecule has 172 valence electrons. The van der Waals surface area contributed by atoms with E-state index in [2.05, 4.69) is 32.5 Å². The van der Waals surface area contributed by atoms with Crippen LogP contribution in [0.15, 0.2) is 104 Å². The number of carbonyl (C=O) groups excluding carboxylic acids is 1. The summed E-state index contributed by atoms with van der Waals surface area (Å²) < 4.78 is 3.59. The number of benzene rings is 2. The van der Waals surface area contributed by atoms with Gasteiger partial charge in [0.1, 0.15) is 18.3 Å². The van der Waals surface area contributed by atoms with Gasteiger partial charge in [0.25, 0.3) is 0 Å². The van der Waals surface area contributed by atoms with Gasteiger partial charge in [-0.3, -0.25) is 14.5 Å². The Morgan fingerprint density at radius 1 is 0.914 bits per heavy atom. The fourth-order valence-corrected chi connectivity index (χ4v) is 3.75. The number of hydrogen-bond donors (Lipinski definition) is 1. The second kappa shape index (κ2) is 10.4. The van der Waals surface area contributed by atoms with Gasteiger partial charge in [-0.2, -0.15) is 10.2 Å². The van der Waals surface area contributed by atoms with Crippen molar-refractivity contribution in [3.63, 3.8) is 0 Å². The van der Waals surface area contributed by atoms with Crippen molar-refractivity contribution in [1.82, 2.24) is 29.5 Å². The van der Waals surface area contributed by atoms with Crippen molar-refractivity contribution in [2.75, 3.05) is 5.32 Å². The van der Waals surface area contributed by atoms with Crippen molar-refractivity contribution in [1.29, 1.82) is 0 Å². The Morgan fingerprint density at radius 3 is 2.57 bits per heavy atom. The normalized spacial score (nSPS) is 11.1. The van der Waals surface area contributed by atoms with E-state index >= 15 is 0 Å². The number of amides is 1. The highest BCUT2D eigenvalue weighted by Gasteiger charge is 2.11. The van der Waals surface area contributed by atoms with Crippen molar-refractivity contribution in [2.24, 2.45) is 0 Å². The number of hydrogen-bond acceptors (Lipinski definition) is 5. The van der Waals surface area contributed by atoms with E-state index in [9.17, 15) is 4.79 Å². The highest BCUT2D eigenvalue weighted by Crippen LogP contribution is 2.23. The number of para-hydroxylation sites is 1. The van der Waals surface area contributed by atoms with Crippen LogP contribution in [0.3, 0.4) is 0 Å². The molecule has 0 atom stereocenters. The zero-order valence-corrected chi connectivity index (χ0v) is 18.9. The molecule has 1 N–H and O–H groups in total. The predicted octanol–water partition coefficient (Wildman–Crippen LogP) is 4.29. The number of carbonyl (C=O) groups is 1. The second-order valence-corrected chi connectivity index (χ2v) is 7.93. The van der Waals surface area contributed by atoms with Crippen molar-refractivity contribution in [3.8, 4) is 11.3 Å². The van der Waals surface area contributed by atoms with Crippen LogP contribution in [0.4, 0.5) is 5.69 Å². The van der Waals surface area contributed by atoms with Gasteiger partial charge in [-0.1, -0.05) is 48.5 Å². The summed E-state index contributed by atoms with van der Waals surface area (Å²) in [5, 5.41) is 11.9. The predicted molar refractivity (Wildman–Crippen MR) is 134 cm³/mol. The fraction of sp³-hybridized carbons (Fsp3) is 0.0741. The van der Waals surface area contributed by atoms with Crippen LogP contribution < -0.4 is 5.32 Å². The quantitative estimate of drug-likeness (QED) is 0.348. The summed E-state index contributed by atoms with van der Waals surface area (Å²) in [5.74, 6) is -0.232. The van der Waals surface area contributed by atoms with Crippen LogP contribution >= 0.6 is 0 Å². The molecular formula is C27H23N7O. The molecule has 0 aliphatic rings. The van der Waals surface area contributed by atoms with Gasteiger partial charge in [0.15, 0.2) is 0 Å². The van der Waals surface area contributed by atoms with Gasteiger partial charge in [0, 0.05) is 41.5 Å². The molecule has 8 nitrogen and oxygen atoms in total. The third-order valence-corrected chi connectivity index (χ3v) is 5.40.